The number of carbonyl (C=O) groups is 15. The van der Waals surface area contributed by atoms with Gasteiger partial charge in [0, 0.05) is 69.7 Å². The number of nitrogens with zero attached hydrogens (tertiary/aromatic N) is 3. The summed E-state index contributed by atoms with van der Waals surface area (Å²) in [6, 6.07) is 31.5. The molecule has 2 heterocycles. The summed E-state index contributed by atoms with van der Waals surface area (Å²) in [7, 11) is 1.29. The topological polar surface area (TPSA) is 461 Å². The number of aliphatic carboxylic acids is 1. The number of likely N-dealkylation sites (tertiary alicyclic amines) is 1. The van der Waals surface area contributed by atoms with Crippen molar-refractivity contribution in [3.63, 3.8) is 0 Å². The van der Waals surface area contributed by atoms with E-state index in [4.69, 9.17) is 33.2 Å². The third-order valence-electron chi connectivity index (χ3n) is 22.0. The number of likely N-dealkylation sites (N-methyl/N-ethyl adjacent to an activating group) is 1. The van der Waals surface area contributed by atoms with Crippen molar-refractivity contribution >= 4 is 100 Å². The summed E-state index contributed by atoms with van der Waals surface area (Å²) < 4.78 is 41.4. The standard InChI is InChI=1S/C103H132N12O23/c1-18-53-132-86(119)50-49-76(90(123)109-79(89(122)106-60-85(117)118)57-66-61-115(98(131)138-103(14,15)16)81-39-27-26-33-69(66)81)107-91(124)77(54-64-41-45-67(46-42-64)134-99(2,3)4)110-94(127)83(56-63-31-20-19-21-32-63)113(17)84(116)59-105-88(121)75(38-28-29-51-104-96(129)137-102(11,12)13)108-93(126)82-40-30-52-114(82)95(128)80(58-87(120)136-101(8,9)10)111-92(125)78(55-65-43-47-68(48-44-65)135-100(5,6)7)112-97(130)133-62-74-72-36-24-22-34-70(72)71-35-23-25-37-73(71)74/h18-27,31-37,39,41-48,61,74-80,82-83H,1,28-30,38,40,49-60,62H2,2-17H3,(H,104,129)(H,105,121)(H,106,122)(H,107,124)(H,108,126)(H,109,123)(H,110,127)(H,111,125)(H,112,130)(H,117,118)/t75-,76-,77-,78-,79-,80-,82+,83-/m0/s1. The average molecular weight is 1910 g/mol. The summed E-state index contributed by atoms with van der Waals surface area (Å²) in [5.74, 6) is -11.0. The minimum Gasteiger partial charge on any atom is -0.488 e. The van der Waals surface area contributed by atoms with Gasteiger partial charge in [0.2, 0.25) is 53.2 Å². The van der Waals surface area contributed by atoms with Crippen LogP contribution in [0.3, 0.4) is 0 Å². The van der Waals surface area contributed by atoms with E-state index in [1.54, 1.807) is 165 Å². The van der Waals surface area contributed by atoms with Gasteiger partial charge in [-0.1, -0.05) is 134 Å². The maximum absolute atomic E-state index is 15.6. The number of rotatable bonds is 43. The summed E-state index contributed by atoms with van der Waals surface area (Å²) in [6.07, 6.45) is -2.08. The third kappa shape index (κ3) is 33.7. The van der Waals surface area contributed by atoms with Gasteiger partial charge in [0.25, 0.3) is 0 Å². The second-order valence-corrected chi connectivity index (χ2v) is 39.1. The molecule has 10 N–H and O–H groups in total. The Hall–Kier alpha value is -14.2. The number of benzene rings is 6. The summed E-state index contributed by atoms with van der Waals surface area (Å²) in [4.78, 5) is 218. The van der Waals surface area contributed by atoms with Crippen LogP contribution in [0, 0.1) is 0 Å². The number of esters is 2. The van der Waals surface area contributed by atoms with Gasteiger partial charge in [-0.15, -0.1) is 0 Å². The number of carbonyl (C=O) groups excluding carboxylic acids is 14. The summed E-state index contributed by atoms with van der Waals surface area (Å²) in [6.45, 7) is 27.6. The molecule has 8 atom stereocenters. The van der Waals surface area contributed by atoms with E-state index in [1.165, 1.54) is 28.8 Å². The first-order chi connectivity index (χ1) is 65.0. The van der Waals surface area contributed by atoms with Crippen molar-refractivity contribution < 1.29 is 110 Å². The Balaban J connectivity index is 0.979. The highest BCUT2D eigenvalue weighted by Crippen LogP contribution is 2.45. The highest BCUT2D eigenvalue weighted by atomic mass is 16.6. The summed E-state index contributed by atoms with van der Waals surface area (Å²) >= 11 is 0. The molecule has 2 aliphatic rings. The number of unbranched alkanes of at least 4 members (excludes halogenated alkanes) is 1. The van der Waals surface area contributed by atoms with Crippen LogP contribution < -0.4 is 57.3 Å². The van der Waals surface area contributed by atoms with Gasteiger partial charge in [0.05, 0.1) is 18.5 Å². The van der Waals surface area contributed by atoms with E-state index in [2.05, 4.69) is 54.4 Å². The average Bonchev–Trinajstić information content (AvgIpc) is 1.65. The Morgan fingerprint density at radius 1 is 0.478 bits per heavy atom. The Labute approximate surface area is 804 Å². The largest absolute Gasteiger partial charge is 0.488 e. The number of aromatic nitrogens is 1. The van der Waals surface area contributed by atoms with Crippen molar-refractivity contribution in [2.45, 2.75) is 263 Å². The molecule has 35 heteroatoms. The fraction of sp³-hybridized carbons (Fsp3) is 0.466. The van der Waals surface area contributed by atoms with Crippen molar-refractivity contribution in [1.29, 1.82) is 0 Å². The van der Waals surface area contributed by atoms with E-state index < -0.39 is 198 Å². The van der Waals surface area contributed by atoms with Crippen molar-refractivity contribution in [3.8, 4) is 22.6 Å². The van der Waals surface area contributed by atoms with Crippen LogP contribution in [-0.4, -0.2) is 232 Å². The van der Waals surface area contributed by atoms with Crippen LogP contribution in [0.1, 0.15) is 195 Å². The van der Waals surface area contributed by atoms with Crippen molar-refractivity contribution in [3.05, 3.63) is 204 Å². The monoisotopic (exact) mass is 1900 g/mol. The van der Waals surface area contributed by atoms with Crippen molar-refractivity contribution in [2.24, 2.45) is 0 Å². The second-order valence-electron chi connectivity index (χ2n) is 39.1. The number of hydrogen-bond donors (Lipinski definition) is 10. The molecule has 138 heavy (non-hydrogen) atoms. The highest BCUT2D eigenvalue weighted by Gasteiger charge is 2.43. The molecule has 0 radical (unpaired) electrons. The molecular formula is C103H132N12O23. The summed E-state index contributed by atoms with van der Waals surface area (Å²) in [5, 5.41) is 34.1. The highest BCUT2D eigenvalue weighted by molar-refractivity contribution is 6.00. The van der Waals surface area contributed by atoms with E-state index in [0.717, 1.165) is 27.2 Å². The van der Waals surface area contributed by atoms with Gasteiger partial charge in [-0.05, 0) is 217 Å². The van der Waals surface area contributed by atoms with Gasteiger partial charge in [0.1, 0.15) is 108 Å². The molecule has 0 saturated carbocycles. The Morgan fingerprint density at radius 2 is 0.978 bits per heavy atom. The number of carboxylic acids is 1. The fourth-order valence-corrected chi connectivity index (χ4v) is 15.8. The van der Waals surface area contributed by atoms with Crippen molar-refractivity contribution in [2.75, 3.05) is 46.4 Å². The van der Waals surface area contributed by atoms with Gasteiger partial charge < -0.3 is 95.9 Å². The number of ether oxygens (including phenoxy) is 7. The third-order valence-corrected chi connectivity index (χ3v) is 22.0. The second kappa shape index (κ2) is 48.5. The number of alkyl carbamates (subject to hydrolysis) is 2. The Kier molecular flexibility index (Phi) is 37.8. The Bertz CT molecular complexity index is 5450. The molecule has 6 aromatic carbocycles. The van der Waals surface area contributed by atoms with Crippen LogP contribution in [0.25, 0.3) is 22.0 Å². The lowest BCUT2D eigenvalue weighted by Crippen LogP contribution is -2.60. The number of hydrogen-bond acceptors (Lipinski definition) is 22. The van der Waals surface area contributed by atoms with E-state index in [1.807, 2.05) is 90.1 Å². The predicted octanol–water partition coefficient (Wildman–Crippen LogP) is 10.5. The molecule has 1 fully saturated rings. The molecule has 35 nitrogen and oxygen atoms in total. The zero-order valence-electron chi connectivity index (χ0n) is 81.5. The fourth-order valence-electron chi connectivity index (χ4n) is 15.8. The van der Waals surface area contributed by atoms with Gasteiger partial charge in [0.15, 0.2) is 0 Å². The van der Waals surface area contributed by atoms with Gasteiger partial charge >= 0.3 is 36.2 Å². The van der Waals surface area contributed by atoms with Crippen LogP contribution in [0.5, 0.6) is 11.5 Å². The molecule has 1 aliphatic heterocycles. The minimum absolute atomic E-state index is 0.0187. The van der Waals surface area contributed by atoms with Gasteiger partial charge in [-0.3, -0.25) is 62.1 Å². The van der Waals surface area contributed by atoms with E-state index in [9.17, 15) is 38.7 Å². The van der Waals surface area contributed by atoms with E-state index in [0.29, 0.717) is 44.7 Å². The molecule has 742 valence electrons. The lowest BCUT2D eigenvalue weighted by Gasteiger charge is -2.31. The SMILES string of the molecule is C=CCOC(=O)CC[C@H](NC(=O)[C@H](Cc1ccc(OC(C)(C)C)cc1)NC(=O)[C@H](Cc1ccccc1)N(C)C(=O)CNC(=O)[C@H](CCCCNC(=O)OC(C)(C)C)NC(=O)[C@H]1CCCN1C(=O)[C@H](CC(=O)OC(C)(C)C)NC(=O)[C@H](Cc1ccc(OC(C)(C)C)cc1)NC(=O)OCC1c2ccccc2-c2ccccc21)C(=O)N[C@@H](Cc1cn(C(=O)OC(C)(C)C)c2ccccc12)C(=O)NCC(=O)O. The number of fused-ring (bicyclic) bond motifs is 4. The van der Waals surface area contributed by atoms with Crippen LogP contribution >= 0.6 is 0 Å². The van der Waals surface area contributed by atoms with E-state index in [-0.39, 0.29) is 90.0 Å². The first-order valence-corrected chi connectivity index (χ1v) is 46.3. The Morgan fingerprint density at radius 3 is 1.55 bits per heavy atom. The lowest BCUT2D eigenvalue weighted by atomic mass is 9.98. The smallest absolute Gasteiger partial charge is 0.419 e. The van der Waals surface area contributed by atoms with Gasteiger partial charge in [-0.25, -0.2) is 14.4 Å². The molecule has 1 saturated heterocycles. The quantitative estimate of drug-likeness (QED) is 0.00734. The molecule has 11 amide bonds. The molecule has 0 spiro atoms. The number of para-hydroxylation sites is 1. The number of amides is 11. The number of carboxylic acid groups (broad SMARTS) is 1. The zero-order valence-corrected chi connectivity index (χ0v) is 81.5. The predicted molar refractivity (Wildman–Crippen MR) is 514 cm³/mol. The maximum Gasteiger partial charge on any atom is 0.419 e. The van der Waals surface area contributed by atoms with Crippen LogP contribution in [-0.2, 0) is 107 Å². The van der Waals surface area contributed by atoms with Gasteiger partial charge in [-0.2, -0.15) is 0 Å². The van der Waals surface area contributed by atoms with Crippen molar-refractivity contribution in [1.82, 2.24) is 62.2 Å². The minimum atomic E-state index is -1.74. The van der Waals surface area contributed by atoms with Crippen LogP contribution in [0.2, 0.25) is 0 Å². The molecule has 0 bridgehead atoms. The van der Waals surface area contributed by atoms with Crippen LogP contribution in [0.15, 0.2) is 171 Å². The number of nitrogens with one attached hydrogen (secondary N) is 9. The molecule has 1 aromatic heterocycles. The van der Waals surface area contributed by atoms with Crippen LogP contribution in [0.4, 0.5) is 14.4 Å². The molecule has 1 aliphatic carbocycles. The molecule has 7 aromatic rings. The molecular weight excluding hydrogens is 1770 g/mol. The lowest BCUT2D eigenvalue weighted by molar-refractivity contribution is -0.158. The summed E-state index contributed by atoms with van der Waals surface area (Å²) in [5.41, 5.74) is 1.99. The molecule has 9 rings (SSSR count). The van der Waals surface area contributed by atoms with E-state index >= 15 is 38.4 Å². The first kappa shape index (κ1) is 108. The normalized spacial score (nSPS) is 14.6. The maximum atomic E-state index is 15.6. The first-order valence-electron chi connectivity index (χ1n) is 46.3. The zero-order chi connectivity index (χ0) is 101. The molecule has 0 unspecified atom stereocenters.